The van der Waals surface area contributed by atoms with Crippen molar-refractivity contribution in [3.8, 4) is 28.7 Å². The van der Waals surface area contributed by atoms with Gasteiger partial charge in [-0.2, -0.15) is 0 Å². The zero-order chi connectivity index (χ0) is 14.7. The number of benzene rings is 1. The number of ether oxygens (including phenoxy) is 2. The molecule has 0 aliphatic carbocycles. The highest BCUT2D eigenvalue weighted by molar-refractivity contribution is 5.69. The molecule has 1 aromatic carbocycles. The first-order chi connectivity index (χ1) is 10.3. The van der Waals surface area contributed by atoms with E-state index in [0.717, 1.165) is 22.8 Å². The summed E-state index contributed by atoms with van der Waals surface area (Å²) in [5, 5.41) is 4.43. The number of aromatic nitrogens is 3. The molecule has 0 saturated carbocycles. The van der Waals surface area contributed by atoms with Gasteiger partial charge in [0.25, 0.3) is 0 Å². The van der Waals surface area contributed by atoms with Crippen molar-refractivity contribution in [2.24, 2.45) is 0 Å². The van der Waals surface area contributed by atoms with Crippen LogP contribution >= 0.6 is 0 Å². The number of rotatable bonds is 4. The molecule has 0 aliphatic heterocycles. The second-order valence-corrected chi connectivity index (χ2v) is 4.37. The van der Waals surface area contributed by atoms with Gasteiger partial charge in [-0.15, -0.1) is 5.10 Å². The van der Waals surface area contributed by atoms with Crippen LogP contribution in [0.2, 0.25) is 0 Å². The lowest BCUT2D eigenvalue weighted by Crippen LogP contribution is -2.02. The lowest BCUT2D eigenvalue weighted by Gasteiger charge is -2.09. The molecular weight excluding hydrogens is 266 g/mol. The van der Waals surface area contributed by atoms with Crippen LogP contribution in [0, 0.1) is 0 Å². The van der Waals surface area contributed by atoms with Crippen molar-refractivity contribution in [3.05, 3.63) is 54.7 Å². The summed E-state index contributed by atoms with van der Waals surface area (Å²) in [5.74, 6) is 2.03. The lowest BCUT2D eigenvalue weighted by atomic mass is 10.1. The molecule has 106 valence electrons. The Labute approximate surface area is 122 Å². The largest absolute Gasteiger partial charge is 0.496 e. The summed E-state index contributed by atoms with van der Waals surface area (Å²) in [6, 6.07) is 15.3. The van der Waals surface area contributed by atoms with E-state index in [-0.39, 0.29) is 0 Å². The predicted octanol–water partition coefficient (Wildman–Crippen LogP) is 2.95. The molecule has 0 N–H and O–H groups in total. The smallest absolute Gasteiger partial charge is 0.233 e. The van der Waals surface area contributed by atoms with Gasteiger partial charge >= 0.3 is 0 Å². The van der Waals surface area contributed by atoms with Crippen molar-refractivity contribution in [1.82, 2.24) is 14.8 Å². The summed E-state index contributed by atoms with van der Waals surface area (Å²) in [6.07, 6.45) is 1.73. The molecule has 0 bridgehead atoms. The van der Waals surface area contributed by atoms with E-state index < -0.39 is 0 Å². The maximum atomic E-state index is 5.43. The van der Waals surface area contributed by atoms with Crippen molar-refractivity contribution in [2.75, 3.05) is 14.2 Å². The molecule has 0 saturated heterocycles. The van der Waals surface area contributed by atoms with Crippen LogP contribution in [0.4, 0.5) is 0 Å². The van der Waals surface area contributed by atoms with E-state index in [1.165, 1.54) is 0 Å². The summed E-state index contributed by atoms with van der Waals surface area (Å²) in [4.78, 5) is 4.34. The van der Waals surface area contributed by atoms with Crippen molar-refractivity contribution in [3.63, 3.8) is 0 Å². The van der Waals surface area contributed by atoms with Gasteiger partial charge in [-0.25, -0.2) is 9.67 Å². The summed E-state index contributed by atoms with van der Waals surface area (Å²) >= 11 is 0. The first-order valence-corrected chi connectivity index (χ1v) is 6.52. The zero-order valence-electron chi connectivity index (χ0n) is 11.9. The van der Waals surface area contributed by atoms with Crippen LogP contribution in [0.25, 0.3) is 17.1 Å². The van der Waals surface area contributed by atoms with Gasteiger partial charge in [0.05, 0.1) is 19.9 Å². The van der Waals surface area contributed by atoms with Crippen molar-refractivity contribution >= 4 is 0 Å². The Balaban J connectivity index is 2.20. The number of para-hydroxylation sites is 1. The molecule has 0 unspecified atom stereocenters. The Bertz CT molecular complexity index is 738. The number of hydrogen-bond acceptors (Lipinski definition) is 4. The molecule has 0 fully saturated rings. The maximum absolute atomic E-state index is 5.43. The molecule has 5 heteroatoms. The number of hydrogen-bond donors (Lipinski definition) is 0. The highest BCUT2D eigenvalue weighted by Gasteiger charge is 2.15. The molecule has 0 spiro atoms. The number of nitrogens with zero attached hydrogens (tertiary/aromatic N) is 3. The van der Waals surface area contributed by atoms with Crippen LogP contribution < -0.4 is 9.47 Å². The quantitative estimate of drug-likeness (QED) is 0.737. The number of methoxy groups -OCH3 is 2. The third-order valence-electron chi connectivity index (χ3n) is 3.15. The minimum Gasteiger partial charge on any atom is -0.496 e. The molecule has 0 atom stereocenters. The van der Waals surface area contributed by atoms with Gasteiger partial charge in [0.15, 0.2) is 5.82 Å². The van der Waals surface area contributed by atoms with E-state index in [1.54, 1.807) is 25.1 Å². The minimum atomic E-state index is 0.529. The topological polar surface area (TPSA) is 49.2 Å². The van der Waals surface area contributed by atoms with E-state index in [9.17, 15) is 0 Å². The zero-order valence-corrected chi connectivity index (χ0v) is 11.9. The van der Waals surface area contributed by atoms with Gasteiger partial charge in [0, 0.05) is 17.8 Å². The normalized spacial score (nSPS) is 10.4. The van der Waals surface area contributed by atoms with Gasteiger partial charge < -0.3 is 9.47 Å². The molecule has 3 rings (SSSR count). The molecule has 5 nitrogen and oxygen atoms in total. The first kappa shape index (κ1) is 13.2. The lowest BCUT2D eigenvalue weighted by molar-refractivity contribution is 0.394. The second kappa shape index (κ2) is 5.66. The highest BCUT2D eigenvalue weighted by Crippen LogP contribution is 2.32. The Hall–Kier alpha value is -2.82. The Morgan fingerprint density at radius 3 is 2.48 bits per heavy atom. The fraction of sp³-hybridized carbons (Fsp3) is 0.125. The molecule has 0 radical (unpaired) electrons. The molecule has 0 aliphatic rings. The monoisotopic (exact) mass is 281 g/mol. The molecule has 0 amide bonds. The third kappa shape index (κ3) is 2.45. The van der Waals surface area contributed by atoms with Gasteiger partial charge in [0.2, 0.25) is 5.88 Å². The van der Waals surface area contributed by atoms with Gasteiger partial charge in [0.1, 0.15) is 5.75 Å². The maximum Gasteiger partial charge on any atom is 0.233 e. The van der Waals surface area contributed by atoms with Crippen molar-refractivity contribution in [1.29, 1.82) is 0 Å². The van der Waals surface area contributed by atoms with Crippen molar-refractivity contribution < 1.29 is 9.47 Å². The molecular formula is C16H15N3O2. The van der Waals surface area contributed by atoms with Gasteiger partial charge in [-0.3, -0.25) is 0 Å². The van der Waals surface area contributed by atoms with E-state index in [1.807, 2.05) is 48.5 Å². The van der Waals surface area contributed by atoms with Crippen LogP contribution in [0.15, 0.2) is 54.7 Å². The van der Waals surface area contributed by atoms with Gasteiger partial charge in [-0.05, 0) is 24.3 Å². The standard InChI is InChI=1S/C16H15N3O2/c1-20-14-8-4-3-7-12(14)13-11-16(21-2)18-19(13)15-9-5-6-10-17-15/h3-11H,1-2H3. The average molecular weight is 281 g/mol. The minimum absolute atomic E-state index is 0.529. The first-order valence-electron chi connectivity index (χ1n) is 6.52. The van der Waals surface area contributed by atoms with Crippen LogP contribution in [-0.2, 0) is 0 Å². The summed E-state index contributed by atoms with van der Waals surface area (Å²) in [5.41, 5.74) is 1.80. The SMILES string of the molecule is COc1cc(-c2ccccc2OC)n(-c2ccccn2)n1. The van der Waals surface area contributed by atoms with Crippen molar-refractivity contribution in [2.45, 2.75) is 0 Å². The highest BCUT2D eigenvalue weighted by atomic mass is 16.5. The van der Waals surface area contributed by atoms with Crippen LogP contribution in [0.3, 0.4) is 0 Å². The number of pyridine rings is 1. The van der Waals surface area contributed by atoms with E-state index in [0.29, 0.717) is 5.88 Å². The Kier molecular flexibility index (Phi) is 3.55. The Morgan fingerprint density at radius 1 is 0.952 bits per heavy atom. The fourth-order valence-electron chi connectivity index (χ4n) is 2.16. The Morgan fingerprint density at radius 2 is 1.76 bits per heavy atom. The van der Waals surface area contributed by atoms with Crippen LogP contribution in [-0.4, -0.2) is 29.0 Å². The summed E-state index contributed by atoms with van der Waals surface area (Å²) in [7, 11) is 3.24. The van der Waals surface area contributed by atoms with Crippen LogP contribution in [0.5, 0.6) is 11.6 Å². The second-order valence-electron chi connectivity index (χ2n) is 4.37. The van der Waals surface area contributed by atoms with E-state index in [2.05, 4.69) is 10.1 Å². The fourth-order valence-corrected chi connectivity index (χ4v) is 2.16. The van der Waals surface area contributed by atoms with Crippen LogP contribution in [0.1, 0.15) is 0 Å². The summed E-state index contributed by atoms with van der Waals surface area (Å²) in [6.45, 7) is 0. The van der Waals surface area contributed by atoms with E-state index in [4.69, 9.17) is 9.47 Å². The molecule has 21 heavy (non-hydrogen) atoms. The summed E-state index contributed by atoms with van der Waals surface area (Å²) < 4.78 is 12.4. The molecule has 2 heterocycles. The third-order valence-corrected chi connectivity index (χ3v) is 3.15. The average Bonchev–Trinajstić information content (AvgIpc) is 3.00. The molecule has 3 aromatic rings. The van der Waals surface area contributed by atoms with E-state index >= 15 is 0 Å². The molecule has 2 aromatic heterocycles. The van der Waals surface area contributed by atoms with Gasteiger partial charge in [-0.1, -0.05) is 18.2 Å². The predicted molar refractivity (Wildman–Crippen MR) is 79.9 cm³/mol.